The maximum atomic E-state index is 13.7. The summed E-state index contributed by atoms with van der Waals surface area (Å²) in [6.45, 7) is 0.458. The van der Waals surface area contributed by atoms with Crippen LogP contribution >= 0.6 is 0 Å². The highest BCUT2D eigenvalue weighted by Gasteiger charge is 2.07. The van der Waals surface area contributed by atoms with Crippen LogP contribution in [0.25, 0.3) is 10.8 Å². The smallest absolute Gasteiger partial charge is 0.239 e. The predicted octanol–water partition coefficient (Wildman–Crippen LogP) is 2.67. The number of fused-ring (bicyclic) bond motifs is 1. The molecule has 0 unspecified atom stereocenters. The first-order chi connectivity index (χ1) is 10.3. The third-order valence-electron chi connectivity index (χ3n) is 3.20. The zero-order valence-corrected chi connectivity index (χ0v) is 11.2. The van der Waals surface area contributed by atoms with E-state index in [-0.39, 0.29) is 11.8 Å². The highest BCUT2D eigenvalue weighted by molar-refractivity contribution is 5.85. The number of benzene rings is 2. The largest absolute Gasteiger partial charge is 0.363 e. The van der Waals surface area contributed by atoms with Crippen LogP contribution in [0.1, 0.15) is 5.56 Å². The lowest BCUT2D eigenvalue weighted by Crippen LogP contribution is -2.13. The van der Waals surface area contributed by atoms with Gasteiger partial charge in [0.15, 0.2) is 11.6 Å². The number of nitrogen functional groups attached to an aromatic ring is 1. The molecule has 5 nitrogen and oxygen atoms in total. The molecule has 0 aliphatic heterocycles. The number of rotatable bonds is 4. The van der Waals surface area contributed by atoms with Crippen molar-refractivity contribution in [1.82, 2.24) is 9.97 Å². The van der Waals surface area contributed by atoms with Crippen LogP contribution in [0.2, 0.25) is 0 Å². The zero-order chi connectivity index (χ0) is 14.7. The maximum Gasteiger partial charge on any atom is 0.239 e. The average Bonchev–Trinajstić information content (AvgIpc) is 2.54. The van der Waals surface area contributed by atoms with Crippen molar-refractivity contribution in [1.29, 1.82) is 0 Å². The molecule has 4 N–H and O–H groups in total. The van der Waals surface area contributed by atoms with E-state index in [1.165, 1.54) is 0 Å². The van der Waals surface area contributed by atoms with Crippen molar-refractivity contribution in [2.45, 2.75) is 6.54 Å². The third-order valence-corrected chi connectivity index (χ3v) is 3.20. The fourth-order valence-corrected chi connectivity index (χ4v) is 2.19. The van der Waals surface area contributed by atoms with E-state index < -0.39 is 5.82 Å². The van der Waals surface area contributed by atoms with E-state index in [0.717, 1.165) is 22.5 Å². The van der Waals surface area contributed by atoms with Gasteiger partial charge in [0.25, 0.3) is 0 Å². The SMILES string of the molecule is NNc1ncc(F)c(NCc2cccc3ccccc23)n1. The highest BCUT2D eigenvalue weighted by atomic mass is 19.1. The van der Waals surface area contributed by atoms with Gasteiger partial charge in [-0.2, -0.15) is 4.98 Å². The van der Waals surface area contributed by atoms with Gasteiger partial charge in [-0.05, 0) is 16.3 Å². The van der Waals surface area contributed by atoms with Gasteiger partial charge in [0.05, 0.1) is 6.20 Å². The van der Waals surface area contributed by atoms with Gasteiger partial charge in [0.2, 0.25) is 5.95 Å². The number of nitrogens with two attached hydrogens (primary N) is 1. The summed E-state index contributed by atoms with van der Waals surface area (Å²) in [4.78, 5) is 7.65. The summed E-state index contributed by atoms with van der Waals surface area (Å²) in [5.41, 5.74) is 3.36. The Kier molecular flexibility index (Phi) is 3.61. The van der Waals surface area contributed by atoms with Gasteiger partial charge in [-0.1, -0.05) is 42.5 Å². The summed E-state index contributed by atoms with van der Waals surface area (Å²) in [5, 5.41) is 5.24. The first-order valence-electron chi connectivity index (χ1n) is 6.47. The van der Waals surface area contributed by atoms with Crippen LogP contribution in [-0.2, 0) is 6.54 Å². The quantitative estimate of drug-likeness (QED) is 0.507. The Morgan fingerprint density at radius 2 is 1.90 bits per heavy atom. The van der Waals surface area contributed by atoms with Gasteiger partial charge in [0, 0.05) is 6.54 Å². The van der Waals surface area contributed by atoms with Gasteiger partial charge in [0.1, 0.15) is 0 Å². The van der Waals surface area contributed by atoms with Crippen LogP contribution in [-0.4, -0.2) is 9.97 Å². The number of aromatic nitrogens is 2. The first-order valence-corrected chi connectivity index (χ1v) is 6.47. The fourth-order valence-electron chi connectivity index (χ4n) is 2.19. The molecular formula is C15H14FN5. The van der Waals surface area contributed by atoms with Gasteiger partial charge >= 0.3 is 0 Å². The van der Waals surface area contributed by atoms with Crippen LogP contribution in [0.15, 0.2) is 48.7 Å². The number of nitrogens with one attached hydrogen (secondary N) is 2. The van der Waals surface area contributed by atoms with E-state index in [1.807, 2.05) is 42.5 Å². The molecule has 0 fully saturated rings. The minimum Gasteiger partial charge on any atom is -0.363 e. The standard InChI is InChI=1S/C15H14FN5/c16-13-9-19-15(21-17)20-14(13)18-8-11-6-3-5-10-4-1-2-7-12(10)11/h1-7,9H,8,17H2,(H2,18,19,20,21). The Balaban J connectivity index is 1.87. The van der Waals surface area contributed by atoms with Crippen LogP contribution in [0, 0.1) is 5.82 Å². The van der Waals surface area contributed by atoms with Crippen LogP contribution in [0.5, 0.6) is 0 Å². The summed E-state index contributed by atoms with van der Waals surface area (Å²) in [5.74, 6) is 4.99. The molecule has 0 saturated carbocycles. The minimum atomic E-state index is -0.519. The lowest BCUT2D eigenvalue weighted by Gasteiger charge is -2.10. The summed E-state index contributed by atoms with van der Waals surface area (Å²) in [6, 6.07) is 14.1. The first kappa shape index (κ1) is 13.3. The molecule has 21 heavy (non-hydrogen) atoms. The van der Waals surface area contributed by atoms with E-state index in [0.29, 0.717) is 6.54 Å². The molecule has 0 radical (unpaired) electrons. The van der Waals surface area contributed by atoms with Crippen LogP contribution in [0.4, 0.5) is 16.2 Å². The molecule has 6 heteroatoms. The van der Waals surface area contributed by atoms with Crippen LogP contribution in [0.3, 0.4) is 0 Å². The molecule has 0 amide bonds. The summed E-state index contributed by atoms with van der Waals surface area (Å²) in [7, 11) is 0. The predicted molar refractivity (Wildman–Crippen MR) is 81.1 cm³/mol. The van der Waals surface area contributed by atoms with E-state index >= 15 is 0 Å². The molecule has 1 heterocycles. The fraction of sp³-hybridized carbons (Fsp3) is 0.0667. The number of anilines is 2. The van der Waals surface area contributed by atoms with E-state index in [2.05, 4.69) is 20.7 Å². The molecule has 3 aromatic rings. The van der Waals surface area contributed by atoms with Gasteiger partial charge in [-0.15, -0.1) is 0 Å². The second kappa shape index (κ2) is 5.72. The van der Waals surface area contributed by atoms with Crippen molar-refractivity contribution in [3.8, 4) is 0 Å². The normalized spacial score (nSPS) is 10.6. The van der Waals surface area contributed by atoms with Crippen molar-refractivity contribution in [2.75, 3.05) is 10.7 Å². The summed E-state index contributed by atoms with van der Waals surface area (Å²) < 4.78 is 13.7. The number of halogens is 1. The monoisotopic (exact) mass is 283 g/mol. The molecule has 0 bridgehead atoms. The van der Waals surface area contributed by atoms with Crippen molar-refractivity contribution in [3.05, 3.63) is 60.0 Å². The zero-order valence-electron chi connectivity index (χ0n) is 11.2. The summed E-state index contributed by atoms with van der Waals surface area (Å²) in [6.07, 6.45) is 1.08. The lowest BCUT2D eigenvalue weighted by atomic mass is 10.0. The second-order valence-electron chi connectivity index (χ2n) is 4.53. The molecular weight excluding hydrogens is 269 g/mol. The van der Waals surface area contributed by atoms with Crippen molar-refractivity contribution >= 4 is 22.5 Å². The van der Waals surface area contributed by atoms with E-state index in [4.69, 9.17) is 5.84 Å². The summed E-state index contributed by atoms with van der Waals surface area (Å²) >= 11 is 0. The minimum absolute atomic E-state index is 0.117. The van der Waals surface area contributed by atoms with Gasteiger partial charge < -0.3 is 5.32 Å². The van der Waals surface area contributed by atoms with Crippen molar-refractivity contribution < 1.29 is 4.39 Å². The highest BCUT2D eigenvalue weighted by Crippen LogP contribution is 2.20. The van der Waals surface area contributed by atoms with Gasteiger partial charge in [-0.25, -0.2) is 15.2 Å². The molecule has 3 rings (SSSR count). The van der Waals surface area contributed by atoms with Crippen molar-refractivity contribution in [2.24, 2.45) is 5.84 Å². The molecule has 0 aliphatic rings. The average molecular weight is 283 g/mol. The number of hydrogen-bond acceptors (Lipinski definition) is 5. The molecule has 106 valence electrons. The third kappa shape index (κ3) is 2.75. The van der Waals surface area contributed by atoms with Crippen molar-refractivity contribution in [3.63, 3.8) is 0 Å². The van der Waals surface area contributed by atoms with Crippen LogP contribution < -0.4 is 16.6 Å². The lowest BCUT2D eigenvalue weighted by molar-refractivity contribution is 0.617. The topological polar surface area (TPSA) is 75.9 Å². The Morgan fingerprint density at radius 3 is 2.76 bits per heavy atom. The molecule has 0 aliphatic carbocycles. The molecule has 0 saturated heterocycles. The molecule has 0 atom stereocenters. The Morgan fingerprint density at radius 1 is 1.10 bits per heavy atom. The van der Waals surface area contributed by atoms with E-state index in [9.17, 15) is 4.39 Å². The maximum absolute atomic E-state index is 13.7. The van der Waals surface area contributed by atoms with E-state index in [1.54, 1.807) is 0 Å². The molecule has 2 aromatic carbocycles. The Labute approximate surface area is 121 Å². The molecule has 0 spiro atoms. The number of hydrazine groups is 1. The second-order valence-corrected chi connectivity index (χ2v) is 4.53. The Bertz CT molecular complexity index is 770. The Hall–Kier alpha value is -2.73. The number of hydrogen-bond donors (Lipinski definition) is 3. The molecule has 1 aromatic heterocycles. The number of nitrogens with zero attached hydrogens (tertiary/aromatic N) is 2. The van der Waals surface area contributed by atoms with Gasteiger partial charge in [-0.3, -0.25) is 5.43 Å².